The Morgan fingerprint density at radius 1 is 0.824 bits per heavy atom. The second kappa shape index (κ2) is 9.83. The number of nitrogens with one attached hydrogen (secondary N) is 1. The van der Waals surface area contributed by atoms with Gasteiger partial charge >= 0.3 is 0 Å². The molecule has 4 rings (SSSR count). The summed E-state index contributed by atoms with van der Waals surface area (Å²) in [4.78, 5) is 28.3. The van der Waals surface area contributed by atoms with Crippen molar-refractivity contribution in [1.29, 1.82) is 0 Å². The lowest BCUT2D eigenvalue weighted by Crippen LogP contribution is -2.32. The predicted octanol–water partition coefficient (Wildman–Crippen LogP) is 5.44. The molecule has 1 aliphatic rings. The first kappa shape index (κ1) is 23.1. The number of anilines is 2. The van der Waals surface area contributed by atoms with Crippen LogP contribution in [0.4, 0.5) is 11.4 Å². The van der Waals surface area contributed by atoms with Gasteiger partial charge in [0.1, 0.15) is 17.2 Å². The molecule has 0 saturated carbocycles. The Balaban J connectivity index is 1.74. The number of imide groups is 1. The molecule has 34 heavy (non-hydrogen) atoms. The first-order valence-electron chi connectivity index (χ1n) is 11.3. The monoisotopic (exact) mass is 456 g/mol. The van der Waals surface area contributed by atoms with Gasteiger partial charge in [-0.3, -0.25) is 9.59 Å². The SMILES string of the molecule is CCc1ccc(N2C(=O)C(Nc3ccc(OC)cc3)=C(c3ccc(OC(C)C)cc3)C2=O)cc1. The summed E-state index contributed by atoms with van der Waals surface area (Å²) in [6, 6.07) is 21.9. The van der Waals surface area contributed by atoms with E-state index in [0.29, 0.717) is 34.0 Å². The highest BCUT2D eigenvalue weighted by Gasteiger charge is 2.40. The fourth-order valence-electron chi connectivity index (χ4n) is 3.82. The molecular weight excluding hydrogens is 428 g/mol. The molecule has 1 heterocycles. The van der Waals surface area contributed by atoms with Crippen LogP contribution < -0.4 is 19.7 Å². The summed E-state index contributed by atoms with van der Waals surface area (Å²) in [6.07, 6.45) is 0.912. The van der Waals surface area contributed by atoms with Crippen LogP contribution in [-0.4, -0.2) is 25.0 Å². The van der Waals surface area contributed by atoms with Crippen molar-refractivity contribution in [2.45, 2.75) is 33.3 Å². The van der Waals surface area contributed by atoms with Crippen LogP contribution in [0.1, 0.15) is 31.9 Å². The van der Waals surface area contributed by atoms with E-state index in [1.54, 1.807) is 43.5 Å². The third-order valence-corrected chi connectivity index (χ3v) is 5.56. The fraction of sp³-hybridized carbons (Fsp3) is 0.214. The fourth-order valence-corrected chi connectivity index (χ4v) is 3.82. The van der Waals surface area contributed by atoms with Crippen molar-refractivity contribution in [2.75, 3.05) is 17.3 Å². The van der Waals surface area contributed by atoms with E-state index in [9.17, 15) is 9.59 Å². The van der Waals surface area contributed by atoms with Crippen molar-refractivity contribution in [2.24, 2.45) is 0 Å². The molecule has 3 aromatic rings. The molecule has 0 unspecified atom stereocenters. The maximum atomic E-state index is 13.6. The summed E-state index contributed by atoms with van der Waals surface area (Å²) >= 11 is 0. The van der Waals surface area contributed by atoms with Gasteiger partial charge in [0, 0.05) is 5.69 Å². The van der Waals surface area contributed by atoms with Crippen LogP contribution in [0.25, 0.3) is 5.57 Å². The standard InChI is InChI=1S/C28H28N2O4/c1-5-19-6-12-22(13-7-19)30-27(31)25(20-8-14-24(15-9-20)34-18(2)3)26(28(30)32)29-21-10-16-23(33-4)17-11-21/h6-18,29H,5H2,1-4H3. The molecule has 0 spiro atoms. The number of amides is 2. The van der Waals surface area contributed by atoms with Gasteiger partial charge in [0.2, 0.25) is 0 Å². The molecule has 1 aliphatic heterocycles. The lowest BCUT2D eigenvalue weighted by atomic mass is 10.0. The Morgan fingerprint density at radius 3 is 2.00 bits per heavy atom. The van der Waals surface area contributed by atoms with E-state index in [4.69, 9.17) is 9.47 Å². The van der Waals surface area contributed by atoms with Crippen molar-refractivity contribution in [3.05, 3.63) is 89.6 Å². The van der Waals surface area contributed by atoms with Crippen LogP contribution in [-0.2, 0) is 16.0 Å². The molecule has 2 amide bonds. The van der Waals surface area contributed by atoms with Gasteiger partial charge in [-0.2, -0.15) is 0 Å². The van der Waals surface area contributed by atoms with Crippen molar-refractivity contribution in [3.8, 4) is 11.5 Å². The van der Waals surface area contributed by atoms with Gasteiger partial charge in [0.05, 0.1) is 24.5 Å². The summed E-state index contributed by atoms with van der Waals surface area (Å²) in [5.74, 6) is 0.630. The van der Waals surface area contributed by atoms with Gasteiger partial charge in [-0.1, -0.05) is 31.2 Å². The van der Waals surface area contributed by atoms with Gasteiger partial charge in [-0.25, -0.2) is 4.90 Å². The molecule has 174 valence electrons. The first-order valence-corrected chi connectivity index (χ1v) is 11.3. The number of aryl methyl sites for hydroxylation is 1. The lowest BCUT2D eigenvalue weighted by molar-refractivity contribution is -0.120. The van der Waals surface area contributed by atoms with Crippen LogP contribution in [0.15, 0.2) is 78.5 Å². The number of carbonyl (C=O) groups is 2. The van der Waals surface area contributed by atoms with E-state index in [1.165, 1.54) is 4.90 Å². The van der Waals surface area contributed by atoms with Gasteiger partial charge in [0.25, 0.3) is 11.8 Å². The normalized spacial score (nSPS) is 13.6. The molecule has 0 aliphatic carbocycles. The Hall–Kier alpha value is -4.06. The molecule has 0 fully saturated rings. The van der Waals surface area contributed by atoms with Gasteiger partial charge in [0.15, 0.2) is 0 Å². The molecule has 1 N–H and O–H groups in total. The van der Waals surface area contributed by atoms with Gasteiger partial charge < -0.3 is 14.8 Å². The first-order chi connectivity index (χ1) is 16.4. The number of methoxy groups -OCH3 is 1. The van der Waals surface area contributed by atoms with E-state index in [-0.39, 0.29) is 17.7 Å². The lowest BCUT2D eigenvalue weighted by Gasteiger charge is -2.16. The Bertz CT molecular complexity index is 1210. The average molecular weight is 457 g/mol. The molecule has 6 heteroatoms. The number of rotatable bonds is 8. The number of nitrogens with zero attached hydrogens (tertiary/aromatic N) is 1. The third-order valence-electron chi connectivity index (χ3n) is 5.56. The topological polar surface area (TPSA) is 67.9 Å². The number of carbonyl (C=O) groups excluding carboxylic acids is 2. The number of hydrogen-bond acceptors (Lipinski definition) is 5. The molecule has 6 nitrogen and oxygen atoms in total. The highest BCUT2D eigenvalue weighted by atomic mass is 16.5. The second-order valence-corrected chi connectivity index (χ2v) is 8.26. The second-order valence-electron chi connectivity index (χ2n) is 8.26. The van der Waals surface area contributed by atoms with E-state index >= 15 is 0 Å². The van der Waals surface area contributed by atoms with E-state index in [2.05, 4.69) is 12.2 Å². The van der Waals surface area contributed by atoms with Crippen molar-refractivity contribution < 1.29 is 19.1 Å². The molecular formula is C28H28N2O4. The van der Waals surface area contributed by atoms with Crippen molar-refractivity contribution in [3.63, 3.8) is 0 Å². The summed E-state index contributed by atoms with van der Waals surface area (Å²) in [5, 5.41) is 3.17. The zero-order valence-corrected chi connectivity index (χ0v) is 19.8. The van der Waals surface area contributed by atoms with Crippen LogP contribution in [0, 0.1) is 0 Å². The molecule has 0 saturated heterocycles. The summed E-state index contributed by atoms with van der Waals surface area (Å²) in [6.45, 7) is 5.96. The highest BCUT2D eigenvalue weighted by molar-refractivity contribution is 6.46. The van der Waals surface area contributed by atoms with Crippen LogP contribution >= 0.6 is 0 Å². The quantitative estimate of drug-likeness (QED) is 0.457. The van der Waals surface area contributed by atoms with Crippen molar-refractivity contribution in [1.82, 2.24) is 0 Å². The predicted molar refractivity (Wildman–Crippen MR) is 134 cm³/mol. The molecule has 0 bridgehead atoms. The Morgan fingerprint density at radius 2 is 1.44 bits per heavy atom. The largest absolute Gasteiger partial charge is 0.497 e. The third kappa shape index (κ3) is 4.66. The minimum atomic E-state index is -0.400. The van der Waals surface area contributed by atoms with Crippen LogP contribution in [0.2, 0.25) is 0 Å². The maximum Gasteiger partial charge on any atom is 0.282 e. The Kier molecular flexibility index (Phi) is 6.68. The maximum absolute atomic E-state index is 13.6. The molecule has 0 atom stereocenters. The van der Waals surface area contributed by atoms with E-state index < -0.39 is 5.91 Å². The van der Waals surface area contributed by atoms with E-state index in [1.807, 2.05) is 50.2 Å². The van der Waals surface area contributed by atoms with Gasteiger partial charge in [-0.15, -0.1) is 0 Å². The van der Waals surface area contributed by atoms with Gasteiger partial charge in [-0.05, 0) is 79.9 Å². The summed E-state index contributed by atoms with van der Waals surface area (Å²) in [7, 11) is 1.59. The smallest absolute Gasteiger partial charge is 0.282 e. The number of ether oxygens (including phenoxy) is 2. The Labute approximate surface area is 199 Å². The summed E-state index contributed by atoms with van der Waals surface area (Å²) in [5.41, 5.74) is 3.53. The minimum Gasteiger partial charge on any atom is -0.497 e. The zero-order valence-electron chi connectivity index (χ0n) is 19.8. The molecule has 0 radical (unpaired) electrons. The zero-order chi connectivity index (χ0) is 24.2. The average Bonchev–Trinajstić information content (AvgIpc) is 3.09. The highest BCUT2D eigenvalue weighted by Crippen LogP contribution is 2.34. The molecule has 3 aromatic carbocycles. The van der Waals surface area contributed by atoms with Crippen molar-refractivity contribution >= 4 is 28.8 Å². The van der Waals surface area contributed by atoms with Crippen LogP contribution in [0.3, 0.4) is 0 Å². The van der Waals surface area contributed by atoms with Crippen LogP contribution in [0.5, 0.6) is 11.5 Å². The number of hydrogen-bond donors (Lipinski definition) is 1. The summed E-state index contributed by atoms with van der Waals surface area (Å²) < 4.78 is 10.9. The van der Waals surface area contributed by atoms with E-state index in [0.717, 1.165) is 12.0 Å². The minimum absolute atomic E-state index is 0.0358. The number of benzene rings is 3. The molecule has 0 aromatic heterocycles.